The molecule has 0 bridgehead atoms. The maximum absolute atomic E-state index is 13.2. The number of pyridine rings is 1. The van der Waals surface area contributed by atoms with Crippen molar-refractivity contribution in [1.29, 1.82) is 0 Å². The Labute approximate surface area is 145 Å². The zero-order valence-electron chi connectivity index (χ0n) is 13.2. The van der Waals surface area contributed by atoms with Gasteiger partial charge in [-0.3, -0.25) is 9.78 Å². The van der Waals surface area contributed by atoms with Gasteiger partial charge >= 0.3 is 0 Å². The molecule has 4 heteroatoms. The number of carbonyl (C=O) groups excluding carboxylic acids is 1. The Balaban J connectivity index is 1.98. The van der Waals surface area contributed by atoms with E-state index in [1.54, 1.807) is 6.20 Å². The molecule has 2 aromatic carbocycles. The van der Waals surface area contributed by atoms with Crippen molar-refractivity contribution in [3.63, 3.8) is 0 Å². The van der Waals surface area contributed by atoms with Crippen molar-refractivity contribution < 1.29 is 4.79 Å². The Hall–Kier alpha value is -2.39. The average Bonchev–Trinajstić information content (AvgIpc) is 3.15. The molecule has 1 fully saturated rings. The third kappa shape index (κ3) is 2.65. The van der Waals surface area contributed by atoms with E-state index in [4.69, 9.17) is 11.6 Å². The zero-order chi connectivity index (χ0) is 16.5. The highest BCUT2D eigenvalue weighted by molar-refractivity contribution is 6.31. The third-order valence-electron chi connectivity index (χ3n) is 4.52. The van der Waals surface area contributed by atoms with E-state index < -0.39 is 0 Å². The van der Waals surface area contributed by atoms with Gasteiger partial charge < -0.3 is 4.90 Å². The number of hydrogen-bond acceptors (Lipinski definition) is 2. The second-order valence-corrected chi connectivity index (χ2v) is 6.51. The SMILES string of the molecule is O=C(c1c(-c2ccccc2)cnc2ccc(Cl)cc12)N1CCCC1. The molecule has 120 valence electrons. The van der Waals surface area contributed by atoms with Gasteiger partial charge in [-0.25, -0.2) is 0 Å². The van der Waals surface area contributed by atoms with E-state index in [0.29, 0.717) is 10.6 Å². The number of rotatable bonds is 2. The summed E-state index contributed by atoms with van der Waals surface area (Å²) in [7, 11) is 0. The molecule has 0 atom stereocenters. The number of carbonyl (C=O) groups is 1. The van der Waals surface area contributed by atoms with Crippen LogP contribution in [0.3, 0.4) is 0 Å². The third-order valence-corrected chi connectivity index (χ3v) is 4.76. The lowest BCUT2D eigenvalue weighted by atomic mass is 9.97. The summed E-state index contributed by atoms with van der Waals surface area (Å²) < 4.78 is 0. The van der Waals surface area contributed by atoms with E-state index in [1.807, 2.05) is 53.4 Å². The number of likely N-dealkylation sites (tertiary alicyclic amines) is 1. The molecule has 1 amide bonds. The molecule has 0 radical (unpaired) electrons. The van der Waals surface area contributed by atoms with Crippen LogP contribution in [0, 0.1) is 0 Å². The van der Waals surface area contributed by atoms with Crippen molar-refractivity contribution in [3.8, 4) is 11.1 Å². The quantitative estimate of drug-likeness (QED) is 0.674. The van der Waals surface area contributed by atoms with Gasteiger partial charge in [0.15, 0.2) is 0 Å². The lowest BCUT2D eigenvalue weighted by Crippen LogP contribution is -2.28. The second-order valence-electron chi connectivity index (χ2n) is 6.07. The fraction of sp³-hybridized carbons (Fsp3) is 0.200. The van der Waals surface area contributed by atoms with Crippen LogP contribution in [0.5, 0.6) is 0 Å². The van der Waals surface area contributed by atoms with Crippen molar-refractivity contribution in [3.05, 3.63) is 65.3 Å². The summed E-state index contributed by atoms with van der Waals surface area (Å²) >= 11 is 6.20. The summed E-state index contributed by atoms with van der Waals surface area (Å²) in [4.78, 5) is 19.7. The summed E-state index contributed by atoms with van der Waals surface area (Å²) in [6.45, 7) is 1.63. The van der Waals surface area contributed by atoms with Crippen LogP contribution in [0.2, 0.25) is 5.02 Å². The fourth-order valence-electron chi connectivity index (χ4n) is 3.31. The first-order valence-electron chi connectivity index (χ1n) is 8.17. The Bertz CT molecular complexity index is 902. The van der Waals surface area contributed by atoms with Crippen molar-refractivity contribution >= 4 is 28.4 Å². The number of nitrogens with zero attached hydrogens (tertiary/aromatic N) is 2. The highest BCUT2D eigenvalue weighted by atomic mass is 35.5. The number of hydrogen-bond donors (Lipinski definition) is 0. The van der Waals surface area contributed by atoms with Crippen molar-refractivity contribution in [1.82, 2.24) is 9.88 Å². The van der Waals surface area contributed by atoms with Crippen LogP contribution < -0.4 is 0 Å². The van der Waals surface area contributed by atoms with Crippen LogP contribution in [-0.4, -0.2) is 28.9 Å². The van der Waals surface area contributed by atoms with Gasteiger partial charge in [0, 0.05) is 35.3 Å². The molecule has 0 spiro atoms. The van der Waals surface area contributed by atoms with Gasteiger partial charge in [-0.05, 0) is 36.6 Å². The zero-order valence-corrected chi connectivity index (χ0v) is 14.0. The van der Waals surface area contributed by atoms with Gasteiger partial charge in [-0.2, -0.15) is 0 Å². The van der Waals surface area contributed by atoms with E-state index in [1.165, 1.54) is 0 Å². The van der Waals surface area contributed by atoms with Crippen LogP contribution in [0.15, 0.2) is 54.7 Å². The van der Waals surface area contributed by atoms with Crippen LogP contribution in [0.4, 0.5) is 0 Å². The number of amides is 1. The molecule has 2 heterocycles. The molecule has 1 saturated heterocycles. The summed E-state index contributed by atoms with van der Waals surface area (Å²) in [5.74, 6) is 0.0704. The normalized spacial score (nSPS) is 14.3. The number of fused-ring (bicyclic) bond motifs is 1. The topological polar surface area (TPSA) is 33.2 Å². The standard InChI is InChI=1S/C20H17ClN2O/c21-15-8-9-18-16(12-15)19(20(24)23-10-4-5-11-23)17(13-22-18)14-6-2-1-3-7-14/h1-3,6-9,12-13H,4-5,10-11H2. The highest BCUT2D eigenvalue weighted by Crippen LogP contribution is 2.32. The van der Waals surface area contributed by atoms with Crippen molar-refractivity contribution in [2.75, 3.05) is 13.1 Å². The molecular weight excluding hydrogens is 320 g/mol. The van der Waals surface area contributed by atoms with E-state index in [0.717, 1.165) is 48.0 Å². The van der Waals surface area contributed by atoms with Gasteiger partial charge in [-0.1, -0.05) is 41.9 Å². The van der Waals surface area contributed by atoms with Crippen LogP contribution in [0.25, 0.3) is 22.0 Å². The predicted octanol–water partition coefficient (Wildman–Crippen LogP) is 4.79. The van der Waals surface area contributed by atoms with Gasteiger partial charge in [0.2, 0.25) is 0 Å². The van der Waals surface area contributed by atoms with Crippen LogP contribution >= 0.6 is 11.6 Å². The molecule has 0 N–H and O–H groups in total. The molecule has 4 rings (SSSR count). The van der Waals surface area contributed by atoms with Crippen molar-refractivity contribution in [2.24, 2.45) is 0 Å². The minimum Gasteiger partial charge on any atom is -0.339 e. The Kier molecular flexibility index (Phi) is 3.95. The Morgan fingerprint density at radius 2 is 1.79 bits per heavy atom. The molecule has 1 aliphatic heterocycles. The summed E-state index contributed by atoms with van der Waals surface area (Å²) in [5, 5.41) is 1.44. The minimum atomic E-state index is 0.0704. The van der Waals surface area contributed by atoms with Gasteiger partial charge in [0.25, 0.3) is 5.91 Å². The first kappa shape index (κ1) is 15.2. The molecule has 0 aliphatic carbocycles. The second kappa shape index (κ2) is 6.25. The molecule has 3 aromatic rings. The molecular formula is C20H17ClN2O. The molecule has 0 saturated carbocycles. The lowest BCUT2D eigenvalue weighted by molar-refractivity contribution is 0.0795. The average molecular weight is 337 g/mol. The van der Waals surface area contributed by atoms with Crippen molar-refractivity contribution in [2.45, 2.75) is 12.8 Å². The Morgan fingerprint density at radius 3 is 2.54 bits per heavy atom. The molecule has 1 aromatic heterocycles. The number of aromatic nitrogens is 1. The van der Waals surface area contributed by atoms with Gasteiger partial charge in [0.1, 0.15) is 0 Å². The van der Waals surface area contributed by atoms with Gasteiger partial charge in [0.05, 0.1) is 11.1 Å². The maximum Gasteiger partial charge on any atom is 0.255 e. The largest absolute Gasteiger partial charge is 0.339 e. The van der Waals surface area contributed by atoms with E-state index in [9.17, 15) is 4.79 Å². The summed E-state index contributed by atoms with van der Waals surface area (Å²) in [5.41, 5.74) is 3.36. The first-order valence-corrected chi connectivity index (χ1v) is 8.55. The highest BCUT2D eigenvalue weighted by Gasteiger charge is 2.25. The molecule has 1 aliphatic rings. The van der Waals surface area contributed by atoms with Crippen LogP contribution in [0.1, 0.15) is 23.2 Å². The maximum atomic E-state index is 13.2. The molecule has 0 unspecified atom stereocenters. The fourth-order valence-corrected chi connectivity index (χ4v) is 3.48. The minimum absolute atomic E-state index is 0.0704. The summed E-state index contributed by atoms with van der Waals surface area (Å²) in [6, 6.07) is 15.5. The van der Waals surface area contributed by atoms with E-state index in [2.05, 4.69) is 4.98 Å². The number of benzene rings is 2. The smallest absolute Gasteiger partial charge is 0.255 e. The lowest BCUT2D eigenvalue weighted by Gasteiger charge is -2.19. The van der Waals surface area contributed by atoms with E-state index >= 15 is 0 Å². The van der Waals surface area contributed by atoms with Crippen LogP contribution in [-0.2, 0) is 0 Å². The number of halogens is 1. The first-order chi connectivity index (χ1) is 11.7. The monoisotopic (exact) mass is 336 g/mol. The van der Waals surface area contributed by atoms with Gasteiger partial charge in [-0.15, -0.1) is 0 Å². The Morgan fingerprint density at radius 1 is 1.04 bits per heavy atom. The summed E-state index contributed by atoms with van der Waals surface area (Å²) in [6.07, 6.45) is 3.93. The van der Waals surface area contributed by atoms with E-state index in [-0.39, 0.29) is 5.91 Å². The predicted molar refractivity (Wildman–Crippen MR) is 97.3 cm³/mol. The molecule has 3 nitrogen and oxygen atoms in total. The molecule has 24 heavy (non-hydrogen) atoms.